The van der Waals surface area contributed by atoms with Crippen LogP contribution < -0.4 is 10.6 Å². The van der Waals surface area contributed by atoms with Gasteiger partial charge in [0.2, 0.25) is 5.91 Å². The molecular formula is C23H24N2O4. The highest BCUT2D eigenvalue weighted by molar-refractivity contribution is 5.89. The van der Waals surface area contributed by atoms with Crippen LogP contribution in [-0.4, -0.2) is 34.2 Å². The van der Waals surface area contributed by atoms with Gasteiger partial charge in [0.15, 0.2) is 0 Å². The Morgan fingerprint density at radius 3 is 2.31 bits per heavy atom. The molecular weight excluding hydrogens is 368 g/mol. The third kappa shape index (κ3) is 5.19. The van der Waals surface area contributed by atoms with Gasteiger partial charge in [0, 0.05) is 0 Å². The Balaban J connectivity index is 1.87. The summed E-state index contributed by atoms with van der Waals surface area (Å²) >= 11 is 0. The summed E-state index contributed by atoms with van der Waals surface area (Å²) in [6.07, 6.45) is -0.772. The van der Waals surface area contributed by atoms with E-state index in [1.165, 1.54) is 6.92 Å². The van der Waals surface area contributed by atoms with Crippen molar-refractivity contribution >= 4 is 22.6 Å². The Labute approximate surface area is 169 Å². The van der Waals surface area contributed by atoms with Gasteiger partial charge in [-0.25, -0.2) is 0 Å². The predicted molar refractivity (Wildman–Crippen MR) is 111 cm³/mol. The molecule has 0 aliphatic rings. The van der Waals surface area contributed by atoms with E-state index in [4.69, 9.17) is 5.11 Å². The lowest BCUT2D eigenvalue weighted by Gasteiger charge is -2.24. The lowest BCUT2D eigenvalue weighted by molar-refractivity contribution is -0.141. The molecule has 0 aliphatic carbocycles. The van der Waals surface area contributed by atoms with Gasteiger partial charge in [-0.15, -0.1) is 0 Å². The van der Waals surface area contributed by atoms with Crippen LogP contribution in [0.1, 0.15) is 24.3 Å². The number of nitrogens with one attached hydrogen (secondary N) is 2. The van der Waals surface area contributed by atoms with E-state index in [0.717, 1.165) is 16.3 Å². The first-order chi connectivity index (χ1) is 14.0. The number of benzene rings is 3. The molecule has 0 radical (unpaired) electrons. The van der Waals surface area contributed by atoms with Gasteiger partial charge in [-0.2, -0.15) is 0 Å². The zero-order valence-electron chi connectivity index (χ0n) is 16.1. The Bertz CT molecular complexity index is 985. The molecule has 0 saturated heterocycles. The van der Waals surface area contributed by atoms with E-state index < -0.39 is 30.2 Å². The van der Waals surface area contributed by atoms with Gasteiger partial charge < -0.3 is 15.5 Å². The second-order valence-corrected chi connectivity index (χ2v) is 6.94. The van der Waals surface area contributed by atoms with Gasteiger partial charge in [0.1, 0.15) is 12.3 Å². The smallest absolute Gasteiger partial charge is 0.325 e. The Morgan fingerprint density at radius 2 is 1.59 bits per heavy atom. The number of carbonyl (C=O) groups is 2. The summed E-state index contributed by atoms with van der Waals surface area (Å²) in [5, 5.41) is 27.2. The Hall–Kier alpha value is -3.22. The monoisotopic (exact) mass is 392 g/mol. The maximum Gasteiger partial charge on any atom is 0.325 e. The highest BCUT2D eigenvalue weighted by atomic mass is 16.4. The third-order valence-electron chi connectivity index (χ3n) is 4.82. The van der Waals surface area contributed by atoms with Crippen LogP contribution in [0.3, 0.4) is 0 Å². The maximum absolute atomic E-state index is 12.8. The number of hydrogen-bond donors (Lipinski definition) is 4. The zero-order chi connectivity index (χ0) is 20.8. The molecule has 3 atom stereocenters. The fourth-order valence-corrected chi connectivity index (χ4v) is 3.22. The van der Waals surface area contributed by atoms with E-state index in [1.807, 2.05) is 48.5 Å². The first kappa shape index (κ1) is 20.5. The van der Waals surface area contributed by atoms with Crippen LogP contribution in [0.15, 0.2) is 72.8 Å². The van der Waals surface area contributed by atoms with Crippen molar-refractivity contribution in [1.29, 1.82) is 0 Å². The molecule has 0 bridgehead atoms. The molecule has 0 fully saturated rings. The predicted octanol–water partition coefficient (Wildman–Crippen LogP) is 2.62. The molecule has 3 unspecified atom stereocenters. The van der Waals surface area contributed by atoms with Gasteiger partial charge in [-0.05, 0) is 35.2 Å². The molecule has 0 spiro atoms. The third-order valence-corrected chi connectivity index (χ3v) is 4.82. The van der Waals surface area contributed by atoms with Crippen molar-refractivity contribution in [2.75, 3.05) is 0 Å². The number of carboxylic acids is 1. The molecule has 4 N–H and O–H groups in total. The number of aliphatic hydroxyl groups is 1. The molecule has 3 aromatic rings. The number of amides is 1. The largest absolute Gasteiger partial charge is 0.480 e. The van der Waals surface area contributed by atoms with E-state index in [-0.39, 0.29) is 0 Å². The number of carboxylic acid groups (broad SMARTS) is 1. The summed E-state index contributed by atoms with van der Waals surface area (Å²) in [4.78, 5) is 24.0. The van der Waals surface area contributed by atoms with Crippen LogP contribution >= 0.6 is 0 Å². The minimum Gasteiger partial charge on any atom is -0.480 e. The summed E-state index contributed by atoms with van der Waals surface area (Å²) < 4.78 is 0. The second kappa shape index (κ2) is 9.32. The Kier molecular flexibility index (Phi) is 6.59. The fourth-order valence-electron chi connectivity index (χ4n) is 3.22. The van der Waals surface area contributed by atoms with Crippen molar-refractivity contribution in [2.45, 2.75) is 31.7 Å². The number of aliphatic carboxylic acids is 1. The van der Waals surface area contributed by atoms with E-state index in [2.05, 4.69) is 10.6 Å². The number of carbonyl (C=O) groups excluding carboxylic acids is 1. The van der Waals surface area contributed by atoms with E-state index in [0.29, 0.717) is 12.0 Å². The van der Waals surface area contributed by atoms with E-state index >= 15 is 0 Å². The quantitative estimate of drug-likeness (QED) is 0.442. The molecule has 3 rings (SSSR count). The van der Waals surface area contributed by atoms with Gasteiger partial charge in [-0.3, -0.25) is 14.9 Å². The highest BCUT2D eigenvalue weighted by Gasteiger charge is 2.25. The van der Waals surface area contributed by atoms with Crippen LogP contribution in [0.5, 0.6) is 0 Å². The highest BCUT2D eigenvalue weighted by Crippen LogP contribution is 2.21. The molecule has 3 aromatic carbocycles. The normalized spacial score (nSPS) is 14.1. The second-order valence-electron chi connectivity index (χ2n) is 6.94. The summed E-state index contributed by atoms with van der Waals surface area (Å²) in [7, 11) is 0. The lowest BCUT2D eigenvalue weighted by atomic mass is 9.98. The summed E-state index contributed by atoms with van der Waals surface area (Å²) in [5.74, 6) is -1.60. The van der Waals surface area contributed by atoms with Crippen LogP contribution in [0.25, 0.3) is 10.8 Å². The molecule has 1 amide bonds. The molecule has 29 heavy (non-hydrogen) atoms. The first-order valence-electron chi connectivity index (χ1n) is 9.44. The van der Waals surface area contributed by atoms with Gasteiger partial charge in [-0.1, -0.05) is 72.8 Å². The van der Waals surface area contributed by atoms with Crippen molar-refractivity contribution in [3.63, 3.8) is 0 Å². The van der Waals surface area contributed by atoms with Crippen molar-refractivity contribution in [2.24, 2.45) is 0 Å². The average molecular weight is 392 g/mol. The van der Waals surface area contributed by atoms with Crippen molar-refractivity contribution < 1.29 is 19.8 Å². The fraction of sp³-hybridized carbons (Fsp3) is 0.217. The number of fused-ring (bicyclic) bond motifs is 1. The molecule has 0 aliphatic heterocycles. The van der Waals surface area contributed by atoms with Crippen molar-refractivity contribution in [1.82, 2.24) is 10.6 Å². The molecule has 0 saturated carbocycles. The average Bonchev–Trinajstić information content (AvgIpc) is 2.73. The standard InChI is InChI=1S/C23H24N2O4/c1-15(23(28)29)24-22(27)20(25-21(26)17-9-3-2-4-10-17)14-18-12-7-11-16-8-5-6-13-19(16)18/h2-13,15,20-21,25-26H,14H2,1H3,(H,24,27)(H,28,29). The summed E-state index contributed by atoms with van der Waals surface area (Å²) in [5.41, 5.74) is 1.55. The molecule has 6 nitrogen and oxygen atoms in total. The first-order valence-corrected chi connectivity index (χ1v) is 9.44. The number of hydrogen-bond acceptors (Lipinski definition) is 4. The van der Waals surface area contributed by atoms with Crippen LogP contribution in [0.2, 0.25) is 0 Å². The van der Waals surface area contributed by atoms with Crippen molar-refractivity contribution in [3.8, 4) is 0 Å². The van der Waals surface area contributed by atoms with E-state index in [9.17, 15) is 14.7 Å². The van der Waals surface area contributed by atoms with Gasteiger partial charge in [0.25, 0.3) is 0 Å². The maximum atomic E-state index is 12.8. The van der Waals surface area contributed by atoms with Crippen LogP contribution in [0, 0.1) is 0 Å². The minimum absolute atomic E-state index is 0.295. The zero-order valence-corrected chi connectivity index (χ0v) is 16.1. The lowest BCUT2D eigenvalue weighted by Crippen LogP contribution is -2.51. The van der Waals surface area contributed by atoms with Crippen LogP contribution in [-0.2, 0) is 16.0 Å². The minimum atomic E-state index is -1.12. The summed E-state index contributed by atoms with van der Waals surface area (Å²) in [6.45, 7) is 1.41. The van der Waals surface area contributed by atoms with Crippen molar-refractivity contribution in [3.05, 3.63) is 83.9 Å². The SMILES string of the molecule is CC(NC(=O)C(Cc1cccc2ccccc12)NC(O)c1ccccc1)C(=O)O. The number of rotatable bonds is 8. The van der Waals surface area contributed by atoms with Crippen LogP contribution in [0.4, 0.5) is 0 Å². The molecule has 6 heteroatoms. The number of aliphatic hydroxyl groups excluding tert-OH is 1. The van der Waals surface area contributed by atoms with Gasteiger partial charge in [0.05, 0.1) is 6.04 Å². The molecule has 0 heterocycles. The topological polar surface area (TPSA) is 98.7 Å². The Morgan fingerprint density at radius 1 is 0.931 bits per heavy atom. The summed E-state index contributed by atoms with van der Waals surface area (Å²) in [6, 6.07) is 20.8. The molecule has 0 aromatic heterocycles. The van der Waals surface area contributed by atoms with Gasteiger partial charge >= 0.3 is 5.97 Å². The van der Waals surface area contributed by atoms with E-state index in [1.54, 1.807) is 24.3 Å². The molecule has 150 valence electrons.